The Hall–Kier alpha value is -3.82. The third-order valence-corrected chi connectivity index (χ3v) is 4.71. The van der Waals surface area contributed by atoms with Gasteiger partial charge >= 0.3 is 5.97 Å². The van der Waals surface area contributed by atoms with Crippen molar-refractivity contribution in [3.63, 3.8) is 0 Å². The lowest BCUT2D eigenvalue weighted by molar-refractivity contribution is -0.146. The molecule has 1 amide bonds. The highest BCUT2D eigenvalue weighted by atomic mass is 19.1. The van der Waals surface area contributed by atoms with Crippen molar-refractivity contribution in [2.75, 3.05) is 11.1 Å². The number of carboxylic acid groups (broad SMARTS) is 1. The van der Waals surface area contributed by atoms with Gasteiger partial charge in [0.25, 0.3) is 0 Å². The Balaban J connectivity index is 1.69. The summed E-state index contributed by atoms with van der Waals surface area (Å²) in [6.07, 6.45) is 1.63. The minimum Gasteiger partial charge on any atom is -0.480 e. The molecular weight excluding hydrogens is 367 g/mol. The number of nitrogen functional groups attached to an aromatic ring is 1. The van der Waals surface area contributed by atoms with Crippen LogP contribution < -0.4 is 11.1 Å². The Labute approximate surface area is 158 Å². The summed E-state index contributed by atoms with van der Waals surface area (Å²) in [5.41, 5.74) is 4.93. The van der Waals surface area contributed by atoms with Crippen molar-refractivity contribution in [2.45, 2.75) is 18.9 Å². The molecule has 3 heterocycles. The van der Waals surface area contributed by atoms with E-state index in [0.717, 1.165) is 0 Å². The number of hydrogen-bond acceptors (Lipinski definition) is 6. The predicted octanol–water partition coefficient (Wildman–Crippen LogP) is 1.40. The van der Waals surface area contributed by atoms with Crippen molar-refractivity contribution in [1.29, 1.82) is 0 Å². The summed E-state index contributed by atoms with van der Waals surface area (Å²) in [6, 6.07) is 7.98. The second-order valence-corrected chi connectivity index (χ2v) is 6.53. The van der Waals surface area contributed by atoms with Gasteiger partial charge in [-0.05, 0) is 19.1 Å². The Morgan fingerprint density at radius 3 is 2.79 bits per heavy atom. The van der Waals surface area contributed by atoms with E-state index in [-0.39, 0.29) is 35.4 Å². The van der Waals surface area contributed by atoms with Crippen LogP contribution in [0.4, 0.5) is 16.0 Å². The van der Waals surface area contributed by atoms with Crippen LogP contribution >= 0.6 is 0 Å². The van der Waals surface area contributed by atoms with Gasteiger partial charge in [0.1, 0.15) is 23.1 Å². The lowest BCUT2D eigenvalue weighted by Crippen LogP contribution is -2.39. The minimum absolute atomic E-state index is 0.0274. The van der Waals surface area contributed by atoms with E-state index in [2.05, 4.69) is 20.4 Å². The number of fused-ring (bicyclic) bond motifs is 1. The molecule has 1 atom stereocenters. The van der Waals surface area contributed by atoms with E-state index in [1.165, 1.54) is 17.7 Å². The molecule has 1 aliphatic heterocycles. The van der Waals surface area contributed by atoms with Crippen LogP contribution in [0.15, 0.2) is 36.5 Å². The van der Waals surface area contributed by atoms with Crippen molar-refractivity contribution in [3.05, 3.63) is 53.5 Å². The van der Waals surface area contributed by atoms with Gasteiger partial charge in [-0.2, -0.15) is 5.10 Å². The maximum Gasteiger partial charge on any atom is 0.323 e. The summed E-state index contributed by atoms with van der Waals surface area (Å²) in [5.74, 6) is -2.38. The fourth-order valence-corrected chi connectivity index (χ4v) is 3.10. The number of carboxylic acids is 1. The van der Waals surface area contributed by atoms with Gasteiger partial charge in [-0.1, -0.05) is 18.2 Å². The number of nitrogens with two attached hydrogens (primary N) is 1. The topological polar surface area (TPSA) is 136 Å². The second kappa shape index (κ2) is 6.12. The molecule has 0 saturated heterocycles. The van der Waals surface area contributed by atoms with Crippen molar-refractivity contribution in [2.24, 2.45) is 0 Å². The van der Waals surface area contributed by atoms with Crippen molar-refractivity contribution in [1.82, 2.24) is 19.7 Å². The third kappa shape index (κ3) is 2.57. The van der Waals surface area contributed by atoms with Crippen LogP contribution in [-0.2, 0) is 21.5 Å². The fraction of sp³-hybridized carbons (Fsp3) is 0.167. The highest BCUT2D eigenvalue weighted by Crippen LogP contribution is 2.40. The van der Waals surface area contributed by atoms with Gasteiger partial charge in [-0.15, -0.1) is 0 Å². The predicted molar refractivity (Wildman–Crippen MR) is 96.8 cm³/mol. The van der Waals surface area contributed by atoms with E-state index in [4.69, 9.17) is 5.73 Å². The first-order valence-electron chi connectivity index (χ1n) is 8.30. The Kier molecular flexibility index (Phi) is 3.84. The first-order valence-corrected chi connectivity index (χ1v) is 8.30. The molecule has 0 aliphatic carbocycles. The zero-order chi connectivity index (χ0) is 20.1. The van der Waals surface area contributed by atoms with Crippen molar-refractivity contribution in [3.8, 4) is 11.5 Å². The largest absolute Gasteiger partial charge is 0.480 e. The number of aliphatic carboxylic acids is 1. The van der Waals surface area contributed by atoms with E-state index in [1.807, 2.05) is 0 Å². The molecule has 1 unspecified atom stereocenters. The molecule has 9 nitrogen and oxygen atoms in total. The SMILES string of the molecule is CC1(C(=O)O)C(=O)Nc2nc(-c3ccn(Cc4ccccc4F)n3)nc(N)c21. The Morgan fingerprint density at radius 2 is 2.07 bits per heavy atom. The van der Waals surface area contributed by atoms with Gasteiger partial charge in [-0.3, -0.25) is 14.3 Å². The van der Waals surface area contributed by atoms with E-state index in [1.54, 1.807) is 30.5 Å². The van der Waals surface area contributed by atoms with Gasteiger partial charge < -0.3 is 16.2 Å². The van der Waals surface area contributed by atoms with E-state index in [9.17, 15) is 19.1 Å². The maximum absolute atomic E-state index is 13.8. The van der Waals surface area contributed by atoms with Crippen molar-refractivity contribution >= 4 is 23.5 Å². The molecule has 1 aliphatic rings. The van der Waals surface area contributed by atoms with Gasteiger partial charge in [0.05, 0.1) is 12.1 Å². The summed E-state index contributed by atoms with van der Waals surface area (Å²) in [4.78, 5) is 32.1. The Morgan fingerprint density at radius 1 is 1.32 bits per heavy atom. The molecule has 142 valence electrons. The molecular formula is C18H15FN6O3. The zero-order valence-corrected chi connectivity index (χ0v) is 14.7. The number of aromatic nitrogens is 4. The number of carbonyl (C=O) groups excluding carboxylic acids is 1. The highest BCUT2D eigenvalue weighted by molar-refractivity contribution is 6.19. The first kappa shape index (κ1) is 17.6. The van der Waals surface area contributed by atoms with Gasteiger partial charge in [0.15, 0.2) is 11.2 Å². The highest BCUT2D eigenvalue weighted by Gasteiger charge is 2.52. The van der Waals surface area contributed by atoms with Crippen molar-refractivity contribution < 1.29 is 19.1 Å². The molecule has 1 aromatic carbocycles. The number of nitrogens with one attached hydrogen (secondary N) is 1. The average molecular weight is 382 g/mol. The average Bonchev–Trinajstić information content (AvgIpc) is 3.21. The monoisotopic (exact) mass is 382 g/mol. The van der Waals surface area contributed by atoms with Crippen LogP contribution in [0.2, 0.25) is 0 Å². The quantitative estimate of drug-likeness (QED) is 0.580. The molecule has 2 aromatic heterocycles. The third-order valence-electron chi connectivity index (χ3n) is 4.71. The number of rotatable bonds is 4. The van der Waals surface area contributed by atoms with Crippen LogP contribution in [0.25, 0.3) is 11.5 Å². The second-order valence-electron chi connectivity index (χ2n) is 6.53. The molecule has 4 rings (SSSR count). The first-order chi connectivity index (χ1) is 13.3. The lowest BCUT2D eigenvalue weighted by atomic mass is 9.85. The number of carbonyl (C=O) groups is 2. The summed E-state index contributed by atoms with van der Waals surface area (Å²) >= 11 is 0. The standard InChI is InChI=1S/C18H15FN6O3/c1-18(17(27)28)12-13(20)21-14(22-15(12)23-16(18)26)11-6-7-25(24-11)8-9-4-2-3-5-10(9)19/h2-7H,8H2,1H3,(H,27,28)(H3,20,21,22,23,26). The number of anilines is 2. The molecule has 4 N–H and O–H groups in total. The van der Waals surface area contributed by atoms with E-state index in [0.29, 0.717) is 11.3 Å². The zero-order valence-electron chi connectivity index (χ0n) is 14.7. The van der Waals surface area contributed by atoms with E-state index >= 15 is 0 Å². The molecule has 0 spiro atoms. The number of hydrogen-bond donors (Lipinski definition) is 3. The molecule has 0 radical (unpaired) electrons. The van der Waals surface area contributed by atoms with Crippen LogP contribution in [0.1, 0.15) is 18.1 Å². The number of amides is 1. The molecule has 28 heavy (non-hydrogen) atoms. The fourth-order valence-electron chi connectivity index (χ4n) is 3.10. The maximum atomic E-state index is 13.8. The molecule has 0 saturated carbocycles. The molecule has 0 bridgehead atoms. The molecule has 3 aromatic rings. The lowest BCUT2D eigenvalue weighted by Gasteiger charge is -2.16. The smallest absolute Gasteiger partial charge is 0.323 e. The van der Waals surface area contributed by atoms with Gasteiger partial charge in [-0.25, -0.2) is 14.4 Å². The summed E-state index contributed by atoms with van der Waals surface area (Å²) < 4.78 is 15.3. The molecule has 10 heteroatoms. The summed E-state index contributed by atoms with van der Waals surface area (Å²) in [6.45, 7) is 1.46. The number of nitrogens with zero attached hydrogens (tertiary/aromatic N) is 4. The summed E-state index contributed by atoms with van der Waals surface area (Å²) in [5, 5.41) is 16.2. The van der Waals surface area contributed by atoms with Crippen LogP contribution in [0.5, 0.6) is 0 Å². The van der Waals surface area contributed by atoms with Gasteiger partial charge in [0, 0.05) is 11.8 Å². The van der Waals surface area contributed by atoms with Crippen LogP contribution in [0, 0.1) is 5.82 Å². The number of benzene rings is 1. The van der Waals surface area contributed by atoms with Crippen LogP contribution in [-0.4, -0.2) is 36.7 Å². The van der Waals surface area contributed by atoms with E-state index < -0.39 is 17.3 Å². The van der Waals surface area contributed by atoms with Gasteiger partial charge in [0.2, 0.25) is 5.91 Å². The Bertz CT molecular complexity index is 1130. The number of halogens is 1. The minimum atomic E-state index is -1.86. The normalized spacial score (nSPS) is 18.0. The molecule has 0 fully saturated rings. The summed E-state index contributed by atoms with van der Waals surface area (Å²) in [7, 11) is 0. The van der Waals surface area contributed by atoms with Crippen LogP contribution in [0.3, 0.4) is 0 Å².